The van der Waals surface area contributed by atoms with Gasteiger partial charge >= 0.3 is 0 Å². The minimum atomic E-state index is -0.248. The van der Waals surface area contributed by atoms with Crippen molar-refractivity contribution in [1.29, 1.82) is 0 Å². The van der Waals surface area contributed by atoms with Crippen molar-refractivity contribution in [1.82, 2.24) is 0 Å². The van der Waals surface area contributed by atoms with Gasteiger partial charge in [0.05, 0.1) is 6.61 Å². The van der Waals surface area contributed by atoms with Crippen LogP contribution < -0.4 is 4.74 Å². The first-order valence-electron chi connectivity index (χ1n) is 5.50. The molecule has 1 aliphatic heterocycles. The van der Waals surface area contributed by atoms with Crippen LogP contribution in [0, 0.1) is 12.3 Å². The molecule has 0 unspecified atom stereocenters. The summed E-state index contributed by atoms with van der Waals surface area (Å²) in [6, 6.07) is 7.77. The van der Waals surface area contributed by atoms with E-state index in [2.05, 4.69) is 32.1 Å². The number of ether oxygens (including phenoxy) is 1. The van der Waals surface area contributed by atoms with Gasteiger partial charge < -0.3 is 4.74 Å². The number of nitrogens with zero attached hydrogens (tertiary/aromatic N) is 2. The lowest BCUT2D eigenvalue weighted by molar-refractivity contribution is 0.283. The van der Waals surface area contributed by atoms with Crippen LogP contribution in [0.1, 0.15) is 19.3 Å². The second-order valence-electron chi connectivity index (χ2n) is 3.94. The first kappa shape index (κ1) is 12.1. The third-order valence-corrected chi connectivity index (χ3v) is 3.17. The Morgan fingerprint density at radius 2 is 1.94 bits per heavy atom. The Bertz CT molecular complexity index is 441. The summed E-state index contributed by atoms with van der Waals surface area (Å²) in [6.07, 6.45) is 7.56. The molecular formula is C13H13BrN2O. The van der Waals surface area contributed by atoms with Crippen LogP contribution in [0.25, 0.3) is 0 Å². The highest BCUT2D eigenvalue weighted by Crippen LogP contribution is 2.36. The molecule has 0 atom stereocenters. The van der Waals surface area contributed by atoms with Gasteiger partial charge in [-0.2, -0.15) is 10.2 Å². The van der Waals surface area contributed by atoms with Crippen LogP contribution in [0.3, 0.4) is 0 Å². The molecule has 1 aromatic carbocycles. The van der Waals surface area contributed by atoms with E-state index in [1.165, 1.54) is 0 Å². The van der Waals surface area contributed by atoms with Crippen molar-refractivity contribution in [3.8, 4) is 18.1 Å². The molecule has 4 heteroatoms. The SMILES string of the molecule is C#CCCC1(CCOc2ccc(Br)cc2)N=N1. The fourth-order valence-corrected chi connectivity index (χ4v) is 1.80. The van der Waals surface area contributed by atoms with Crippen LogP contribution in [0.15, 0.2) is 39.0 Å². The normalized spacial score (nSPS) is 15.3. The van der Waals surface area contributed by atoms with Crippen LogP contribution in [0.4, 0.5) is 0 Å². The molecule has 0 saturated heterocycles. The number of rotatable bonds is 6. The summed E-state index contributed by atoms with van der Waals surface area (Å²) in [7, 11) is 0. The first-order chi connectivity index (χ1) is 8.24. The maximum absolute atomic E-state index is 5.62. The highest BCUT2D eigenvalue weighted by molar-refractivity contribution is 9.10. The van der Waals surface area contributed by atoms with E-state index < -0.39 is 0 Å². The van der Waals surface area contributed by atoms with E-state index in [0.29, 0.717) is 13.0 Å². The molecule has 2 rings (SSSR count). The van der Waals surface area contributed by atoms with Gasteiger partial charge in [-0.1, -0.05) is 15.9 Å². The quantitative estimate of drug-likeness (QED) is 0.735. The lowest BCUT2D eigenvalue weighted by Gasteiger charge is -2.10. The van der Waals surface area contributed by atoms with Gasteiger partial charge in [0.25, 0.3) is 0 Å². The van der Waals surface area contributed by atoms with Gasteiger partial charge in [0.2, 0.25) is 0 Å². The predicted octanol–water partition coefficient (Wildman–Crippen LogP) is 3.79. The van der Waals surface area contributed by atoms with Gasteiger partial charge in [-0.15, -0.1) is 12.3 Å². The van der Waals surface area contributed by atoms with E-state index in [4.69, 9.17) is 11.2 Å². The maximum atomic E-state index is 5.62. The summed E-state index contributed by atoms with van der Waals surface area (Å²) in [5, 5.41) is 8.12. The van der Waals surface area contributed by atoms with E-state index in [1.54, 1.807) is 0 Å². The summed E-state index contributed by atoms with van der Waals surface area (Å²) >= 11 is 3.38. The van der Waals surface area contributed by atoms with Gasteiger partial charge in [0, 0.05) is 23.7 Å². The standard InChI is InChI=1S/C13H13BrN2O/c1-2-3-8-13(15-16-13)9-10-17-12-6-4-11(14)5-7-12/h1,4-7H,3,8-10H2. The number of hydrogen-bond acceptors (Lipinski definition) is 3. The van der Waals surface area contributed by atoms with Crippen molar-refractivity contribution < 1.29 is 4.74 Å². The number of halogens is 1. The van der Waals surface area contributed by atoms with Gasteiger partial charge in [0.15, 0.2) is 5.66 Å². The molecule has 0 aliphatic carbocycles. The van der Waals surface area contributed by atoms with Crippen molar-refractivity contribution >= 4 is 15.9 Å². The van der Waals surface area contributed by atoms with Crippen molar-refractivity contribution in [3.05, 3.63) is 28.7 Å². The van der Waals surface area contributed by atoms with Gasteiger partial charge in [-0.25, -0.2) is 0 Å². The van der Waals surface area contributed by atoms with Crippen molar-refractivity contribution in [2.75, 3.05) is 6.61 Å². The predicted molar refractivity (Wildman–Crippen MR) is 69.9 cm³/mol. The lowest BCUT2D eigenvalue weighted by Crippen LogP contribution is -2.15. The second-order valence-corrected chi connectivity index (χ2v) is 4.85. The zero-order valence-corrected chi connectivity index (χ0v) is 11.0. The largest absolute Gasteiger partial charge is 0.493 e. The van der Waals surface area contributed by atoms with Gasteiger partial charge in [-0.3, -0.25) is 0 Å². The van der Waals surface area contributed by atoms with Crippen LogP contribution in [-0.2, 0) is 0 Å². The molecule has 0 spiro atoms. The highest BCUT2D eigenvalue weighted by atomic mass is 79.9. The molecule has 0 radical (unpaired) electrons. The smallest absolute Gasteiger partial charge is 0.195 e. The fraction of sp³-hybridized carbons (Fsp3) is 0.385. The van der Waals surface area contributed by atoms with Crippen molar-refractivity contribution in [2.24, 2.45) is 10.2 Å². The molecule has 0 amide bonds. The third-order valence-electron chi connectivity index (χ3n) is 2.64. The summed E-state index contributed by atoms with van der Waals surface area (Å²) in [4.78, 5) is 0. The maximum Gasteiger partial charge on any atom is 0.195 e. The van der Waals surface area contributed by atoms with Crippen molar-refractivity contribution in [3.63, 3.8) is 0 Å². The Hall–Kier alpha value is -1.34. The summed E-state index contributed by atoms with van der Waals surface area (Å²) < 4.78 is 6.67. The Kier molecular flexibility index (Phi) is 3.80. The zero-order chi connectivity index (χ0) is 12.1. The molecule has 3 nitrogen and oxygen atoms in total. The molecule has 0 aromatic heterocycles. The molecule has 17 heavy (non-hydrogen) atoms. The summed E-state index contributed by atoms with van der Waals surface area (Å²) in [6.45, 7) is 0.610. The van der Waals surface area contributed by atoms with E-state index in [1.807, 2.05) is 24.3 Å². The van der Waals surface area contributed by atoms with Crippen molar-refractivity contribution in [2.45, 2.75) is 24.9 Å². The Morgan fingerprint density at radius 3 is 2.53 bits per heavy atom. The minimum absolute atomic E-state index is 0.248. The topological polar surface area (TPSA) is 34.0 Å². The molecule has 0 fully saturated rings. The Balaban J connectivity index is 1.73. The molecule has 0 bridgehead atoms. The van der Waals surface area contributed by atoms with Gasteiger partial charge in [0.1, 0.15) is 5.75 Å². The molecular weight excluding hydrogens is 280 g/mol. The van der Waals surface area contributed by atoms with E-state index in [9.17, 15) is 0 Å². The zero-order valence-electron chi connectivity index (χ0n) is 9.40. The summed E-state index contributed by atoms with van der Waals surface area (Å²) in [5.41, 5.74) is -0.248. The van der Waals surface area contributed by atoms with E-state index in [0.717, 1.165) is 23.1 Å². The van der Waals surface area contributed by atoms with Crippen LogP contribution in [0.5, 0.6) is 5.75 Å². The number of benzene rings is 1. The highest BCUT2D eigenvalue weighted by Gasteiger charge is 2.38. The lowest BCUT2D eigenvalue weighted by atomic mass is 10.1. The molecule has 1 aliphatic rings. The van der Waals surface area contributed by atoms with Crippen LogP contribution in [-0.4, -0.2) is 12.3 Å². The van der Waals surface area contributed by atoms with E-state index in [-0.39, 0.29) is 5.66 Å². The third kappa shape index (κ3) is 3.57. The molecule has 0 N–H and O–H groups in total. The number of terminal acetylenes is 1. The summed E-state index contributed by atoms with van der Waals surface area (Å²) in [5.74, 6) is 3.47. The second kappa shape index (κ2) is 5.33. The molecule has 1 aromatic rings. The molecule has 1 heterocycles. The minimum Gasteiger partial charge on any atom is -0.493 e. The van der Waals surface area contributed by atoms with E-state index >= 15 is 0 Å². The Morgan fingerprint density at radius 1 is 1.24 bits per heavy atom. The van der Waals surface area contributed by atoms with Crippen LogP contribution >= 0.6 is 15.9 Å². The monoisotopic (exact) mass is 292 g/mol. The number of hydrogen-bond donors (Lipinski definition) is 0. The fourth-order valence-electron chi connectivity index (χ4n) is 1.53. The first-order valence-corrected chi connectivity index (χ1v) is 6.29. The van der Waals surface area contributed by atoms with Crippen LogP contribution in [0.2, 0.25) is 0 Å². The average Bonchev–Trinajstić information content (AvgIpc) is 3.10. The van der Waals surface area contributed by atoms with Gasteiger partial charge in [-0.05, 0) is 24.3 Å². The molecule has 0 saturated carbocycles. The Labute approximate surface area is 109 Å². The molecule has 88 valence electrons. The average molecular weight is 293 g/mol.